The number of nitrogens with one attached hydrogen (secondary N) is 2. The Kier molecular flexibility index (Phi) is 5.84. The first kappa shape index (κ1) is 17.6. The maximum absolute atomic E-state index is 7.03. The third kappa shape index (κ3) is 4.35. The Bertz CT molecular complexity index is 558. The summed E-state index contributed by atoms with van der Waals surface area (Å²) in [6.45, 7) is 4.37. The summed E-state index contributed by atoms with van der Waals surface area (Å²) in [6, 6.07) is 0.0926. The van der Waals surface area contributed by atoms with Crippen LogP contribution in [0.1, 0.15) is 31.9 Å². The average Bonchev–Trinajstić information content (AvgIpc) is 2.97. The molecule has 1 saturated carbocycles. The van der Waals surface area contributed by atoms with Gasteiger partial charge in [0.25, 0.3) is 0 Å². The normalized spacial score (nSPS) is 28.6. The lowest BCUT2D eigenvalue weighted by atomic mass is 9.79. The molecule has 1 aromatic rings. The van der Waals surface area contributed by atoms with Crippen molar-refractivity contribution in [1.82, 2.24) is 20.3 Å². The number of nitrogens with zero attached hydrogens (tertiary/aromatic N) is 4. The van der Waals surface area contributed by atoms with Crippen LogP contribution in [0.2, 0.25) is 0 Å². The summed E-state index contributed by atoms with van der Waals surface area (Å²) in [6.07, 6.45) is 6.35. The van der Waals surface area contributed by atoms with E-state index in [1.165, 1.54) is 0 Å². The van der Waals surface area contributed by atoms with Crippen LogP contribution in [-0.4, -0.2) is 47.0 Å². The zero-order valence-electron chi connectivity index (χ0n) is 14.2. The number of aromatic nitrogens is 3. The summed E-state index contributed by atoms with van der Waals surface area (Å²) >= 11 is 0. The van der Waals surface area contributed by atoms with Crippen molar-refractivity contribution in [2.24, 2.45) is 5.11 Å². The van der Waals surface area contributed by atoms with Gasteiger partial charge in [-0.2, -0.15) is 5.11 Å². The minimum atomic E-state index is -0.313. The van der Waals surface area contributed by atoms with Gasteiger partial charge in [0.2, 0.25) is 0 Å². The number of allylic oxidation sites excluding steroid dienone is 1. The first-order valence-electron chi connectivity index (χ1n) is 7.77. The van der Waals surface area contributed by atoms with E-state index in [0.29, 0.717) is 12.2 Å². The van der Waals surface area contributed by atoms with Gasteiger partial charge in [0.05, 0.1) is 35.7 Å². The van der Waals surface area contributed by atoms with Gasteiger partial charge in [-0.3, -0.25) is 0 Å². The van der Waals surface area contributed by atoms with Gasteiger partial charge in [0.15, 0.2) is 0 Å². The van der Waals surface area contributed by atoms with Gasteiger partial charge < -0.3 is 14.8 Å². The minimum absolute atomic E-state index is 0.0926. The van der Waals surface area contributed by atoms with E-state index in [1.54, 1.807) is 27.3 Å². The quantitative estimate of drug-likeness (QED) is 0.749. The maximum atomic E-state index is 7.03. The molecular formula is C15H26N6O2. The lowest BCUT2D eigenvalue weighted by molar-refractivity contribution is -0.0944. The van der Waals surface area contributed by atoms with Crippen LogP contribution in [0.5, 0.6) is 0 Å². The lowest BCUT2D eigenvalue weighted by Crippen LogP contribution is -2.53. The first-order valence-corrected chi connectivity index (χ1v) is 7.77. The van der Waals surface area contributed by atoms with Gasteiger partial charge in [0, 0.05) is 33.0 Å². The minimum Gasteiger partial charge on any atom is -0.384 e. The average molecular weight is 322 g/mol. The molecule has 1 fully saturated rings. The van der Waals surface area contributed by atoms with E-state index in [0.717, 1.165) is 25.0 Å². The Hall–Kier alpha value is -1.80. The maximum Gasteiger partial charge on any atom is 0.0895 e. The van der Waals surface area contributed by atoms with Gasteiger partial charge in [-0.15, -0.1) is 5.10 Å². The fraction of sp³-hybridized carbons (Fsp3) is 0.733. The summed E-state index contributed by atoms with van der Waals surface area (Å²) in [5.74, 6) is 0. The summed E-state index contributed by atoms with van der Waals surface area (Å²) in [5, 5.41) is 14.9. The highest BCUT2D eigenvalue weighted by Gasteiger charge is 2.41. The molecule has 1 aromatic heterocycles. The van der Waals surface area contributed by atoms with E-state index in [9.17, 15) is 0 Å². The Labute approximate surface area is 136 Å². The summed E-state index contributed by atoms with van der Waals surface area (Å²) in [7, 11) is 3.47. The van der Waals surface area contributed by atoms with Gasteiger partial charge >= 0.3 is 0 Å². The molecule has 0 bridgehead atoms. The van der Waals surface area contributed by atoms with Gasteiger partial charge in [-0.1, -0.05) is 5.21 Å². The molecule has 0 saturated heterocycles. The van der Waals surface area contributed by atoms with E-state index in [2.05, 4.69) is 20.7 Å². The number of aryl methyl sites for hydroxylation is 1. The van der Waals surface area contributed by atoms with Crippen LogP contribution in [0.15, 0.2) is 23.2 Å². The van der Waals surface area contributed by atoms with Crippen molar-refractivity contribution in [3.63, 3.8) is 0 Å². The van der Waals surface area contributed by atoms with Crippen LogP contribution >= 0.6 is 0 Å². The van der Waals surface area contributed by atoms with Crippen molar-refractivity contribution in [2.75, 3.05) is 14.2 Å². The second-order valence-corrected chi connectivity index (χ2v) is 6.13. The molecule has 0 amide bonds. The van der Waals surface area contributed by atoms with E-state index in [-0.39, 0.29) is 17.7 Å². The van der Waals surface area contributed by atoms with Gasteiger partial charge in [-0.05, 0) is 26.7 Å². The van der Waals surface area contributed by atoms with Crippen LogP contribution in [0, 0.1) is 12.5 Å². The number of hydrogen-bond donors (Lipinski definition) is 2. The van der Waals surface area contributed by atoms with Gasteiger partial charge in [-0.25, -0.2) is 10.2 Å². The second-order valence-electron chi connectivity index (χ2n) is 6.13. The predicted octanol–water partition coefficient (Wildman–Crippen LogP) is 2.02. The Morgan fingerprint density at radius 2 is 2.39 bits per heavy atom. The molecule has 23 heavy (non-hydrogen) atoms. The standard InChI is InChI=1S/C15H26N6O2/c1-11(18-16)8-17-13-7-15(23-4,6-5-14(13)22-3)10-21-9-12(2)19-20-21/h8-9,13-14,16-17H,5-7,10H2,1-4H3/b11-8-,18-16?. The summed E-state index contributed by atoms with van der Waals surface area (Å²) < 4.78 is 13.3. The number of methoxy groups -OCH3 is 2. The number of ether oxygens (including phenoxy) is 2. The molecule has 3 atom stereocenters. The molecule has 0 spiro atoms. The first-order chi connectivity index (χ1) is 11.0. The highest BCUT2D eigenvalue weighted by molar-refractivity contribution is 5.01. The second kappa shape index (κ2) is 7.65. The zero-order valence-corrected chi connectivity index (χ0v) is 14.2. The van der Waals surface area contributed by atoms with Crippen LogP contribution in [0.3, 0.4) is 0 Å². The molecule has 0 radical (unpaired) electrons. The smallest absolute Gasteiger partial charge is 0.0895 e. The van der Waals surface area contributed by atoms with Crippen molar-refractivity contribution in [2.45, 2.75) is 57.4 Å². The van der Waals surface area contributed by atoms with Crippen LogP contribution in [-0.2, 0) is 16.0 Å². The highest BCUT2D eigenvalue weighted by Crippen LogP contribution is 2.34. The molecule has 0 aromatic carbocycles. The van der Waals surface area contributed by atoms with E-state index >= 15 is 0 Å². The van der Waals surface area contributed by atoms with Crippen LogP contribution in [0.4, 0.5) is 0 Å². The van der Waals surface area contributed by atoms with Crippen molar-refractivity contribution in [3.05, 3.63) is 23.8 Å². The zero-order chi connectivity index (χ0) is 16.9. The summed E-state index contributed by atoms with van der Waals surface area (Å²) in [4.78, 5) is 0. The summed E-state index contributed by atoms with van der Waals surface area (Å²) in [5.41, 5.74) is 8.24. The molecule has 3 unspecified atom stereocenters. The fourth-order valence-corrected chi connectivity index (χ4v) is 3.11. The van der Waals surface area contributed by atoms with Crippen LogP contribution in [0.25, 0.3) is 0 Å². The molecule has 2 N–H and O–H groups in total. The van der Waals surface area contributed by atoms with Gasteiger partial charge in [0.1, 0.15) is 0 Å². The molecule has 8 nitrogen and oxygen atoms in total. The monoisotopic (exact) mass is 322 g/mol. The third-order valence-corrected chi connectivity index (χ3v) is 4.45. The van der Waals surface area contributed by atoms with Crippen molar-refractivity contribution < 1.29 is 9.47 Å². The molecule has 1 heterocycles. The number of rotatable bonds is 7. The Balaban J connectivity index is 2.12. The molecule has 8 heteroatoms. The SMILES string of the molecule is COC1CCC(Cn2cc(C)nn2)(OC)CC1N/C=C(/C)N=N. The predicted molar refractivity (Wildman–Crippen MR) is 85.0 cm³/mol. The van der Waals surface area contributed by atoms with E-state index < -0.39 is 0 Å². The largest absolute Gasteiger partial charge is 0.384 e. The Morgan fingerprint density at radius 3 is 2.96 bits per heavy atom. The fourth-order valence-electron chi connectivity index (χ4n) is 3.11. The van der Waals surface area contributed by atoms with Crippen LogP contribution < -0.4 is 5.32 Å². The molecule has 1 aliphatic carbocycles. The van der Waals surface area contributed by atoms with Crippen molar-refractivity contribution >= 4 is 0 Å². The van der Waals surface area contributed by atoms with E-state index in [4.69, 9.17) is 15.0 Å². The molecule has 2 rings (SSSR count). The molecular weight excluding hydrogens is 296 g/mol. The topological polar surface area (TPSA) is 97.4 Å². The highest BCUT2D eigenvalue weighted by atomic mass is 16.5. The lowest BCUT2D eigenvalue weighted by Gasteiger charge is -2.43. The number of hydrogen-bond acceptors (Lipinski definition) is 7. The molecule has 0 aliphatic heterocycles. The third-order valence-electron chi connectivity index (χ3n) is 4.45. The Morgan fingerprint density at radius 1 is 1.61 bits per heavy atom. The van der Waals surface area contributed by atoms with Crippen molar-refractivity contribution in [1.29, 1.82) is 5.53 Å². The van der Waals surface area contributed by atoms with Crippen molar-refractivity contribution in [3.8, 4) is 0 Å². The molecule has 1 aliphatic rings. The molecule has 128 valence electrons. The van der Waals surface area contributed by atoms with E-state index in [1.807, 2.05) is 17.8 Å².